The smallest absolute Gasteiger partial charge is 0.191 e. The molecule has 0 saturated carbocycles. The maximum Gasteiger partial charge on any atom is 0.191 e. The minimum Gasteiger partial charge on any atom is -0.417 e. The number of allylic oxidation sites excluding steroid dienone is 1. The SMILES string of the molecule is C=CCCCCCCCO[Si](C)(C)C(C)(C)C. The number of unbranched alkanes of at least 4 members (excludes halogenated alkanes) is 5. The van der Waals surface area contributed by atoms with Gasteiger partial charge in [0.05, 0.1) is 0 Å². The van der Waals surface area contributed by atoms with Gasteiger partial charge in [0.2, 0.25) is 0 Å². The van der Waals surface area contributed by atoms with Crippen molar-refractivity contribution in [3.05, 3.63) is 12.7 Å². The standard InChI is InChI=1S/C15H32OSi/c1-7-8-9-10-11-12-13-14-16-17(5,6)15(2,3)4/h7H,1,8-14H2,2-6H3. The summed E-state index contributed by atoms with van der Waals surface area (Å²) in [5.41, 5.74) is 0. The zero-order chi connectivity index (χ0) is 13.4. The molecule has 17 heavy (non-hydrogen) atoms. The van der Waals surface area contributed by atoms with Gasteiger partial charge in [0.25, 0.3) is 0 Å². The molecule has 0 amide bonds. The zero-order valence-corrected chi connectivity index (χ0v) is 13.6. The third kappa shape index (κ3) is 7.77. The van der Waals surface area contributed by atoms with Crippen LogP contribution in [0.3, 0.4) is 0 Å². The van der Waals surface area contributed by atoms with Gasteiger partial charge >= 0.3 is 0 Å². The minimum atomic E-state index is -1.50. The fraction of sp³-hybridized carbons (Fsp3) is 0.867. The lowest BCUT2D eigenvalue weighted by Gasteiger charge is -2.36. The molecule has 0 atom stereocenters. The molecular weight excluding hydrogens is 224 g/mol. The van der Waals surface area contributed by atoms with Crippen molar-refractivity contribution in [2.24, 2.45) is 0 Å². The van der Waals surface area contributed by atoms with Crippen molar-refractivity contribution in [2.75, 3.05) is 6.61 Å². The number of hydrogen-bond acceptors (Lipinski definition) is 1. The van der Waals surface area contributed by atoms with E-state index in [1.807, 2.05) is 6.08 Å². The molecule has 0 unspecified atom stereocenters. The fourth-order valence-corrected chi connectivity index (χ4v) is 2.55. The van der Waals surface area contributed by atoms with E-state index in [4.69, 9.17) is 4.43 Å². The maximum atomic E-state index is 6.14. The summed E-state index contributed by atoms with van der Waals surface area (Å²) in [5.74, 6) is 0. The van der Waals surface area contributed by atoms with Gasteiger partial charge in [0, 0.05) is 6.61 Å². The second-order valence-electron chi connectivity index (χ2n) is 6.45. The van der Waals surface area contributed by atoms with E-state index in [1.165, 1.54) is 38.5 Å². The first-order valence-electron chi connectivity index (χ1n) is 7.06. The van der Waals surface area contributed by atoms with E-state index < -0.39 is 8.32 Å². The molecular formula is C15H32OSi. The van der Waals surface area contributed by atoms with Crippen molar-refractivity contribution in [1.82, 2.24) is 0 Å². The molecule has 0 aromatic rings. The Hall–Kier alpha value is -0.0831. The van der Waals surface area contributed by atoms with Crippen molar-refractivity contribution >= 4 is 8.32 Å². The molecule has 0 spiro atoms. The van der Waals surface area contributed by atoms with Crippen molar-refractivity contribution < 1.29 is 4.43 Å². The summed E-state index contributed by atoms with van der Waals surface area (Å²) >= 11 is 0. The van der Waals surface area contributed by atoms with Crippen LogP contribution in [0.25, 0.3) is 0 Å². The Kier molecular flexibility index (Phi) is 8.06. The lowest BCUT2D eigenvalue weighted by molar-refractivity contribution is 0.277. The van der Waals surface area contributed by atoms with Crippen LogP contribution >= 0.6 is 0 Å². The van der Waals surface area contributed by atoms with Crippen LogP contribution in [0.2, 0.25) is 18.1 Å². The lowest BCUT2D eigenvalue weighted by atomic mass is 10.1. The molecule has 0 aromatic heterocycles. The Balaban J connectivity index is 3.48. The van der Waals surface area contributed by atoms with Crippen molar-refractivity contribution in [1.29, 1.82) is 0 Å². The van der Waals surface area contributed by atoms with Gasteiger partial charge in [-0.05, 0) is 37.4 Å². The predicted molar refractivity (Wildman–Crippen MR) is 81.0 cm³/mol. The van der Waals surface area contributed by atoms with Crippen LogP contribution < -0.4 is 0 Å². The molecule has 0 N–H and O–H groups in total. The quantitative estimate of drug-likeness (QED) is 0.299. The summed E-state index contributed by atoms with van der Waals surface area (Å²) in [6, 6.07) is 0. The normalized spacial score (nSPS) is 12.8. The first kappa shape index (κ1) is 16.9. The molecule has 0 fully saturated rings. The Morgan fingerprint density at radius 3 is 2.06 bits per heavy atom. The molecule has 0 aromatic carbocycles. The maximum absolute atomic E-state index is 6.14. The highest BCUT2D eigenvalue weighted by Crippen LogP contribution is 2.36. The van der Waals surface area contributed by atoms with Gasteiger partial charge in [0.15, 0.2) is 8.32 Å². The summed E-state index contributed by atoms with van der Waals surface area (Å²) in [7, 11) is -1.50. The average Bonchev–Trinajstić information content (AvgIpc) is 2.20. The summed E-state index contributed by atoms with van der Waals surface area (Å²) in [5, 5.41) is 0.344. The summed E-state index contributed by atoms with van der Waals surface area (Å²) in [6.07, 6.45) is 9.70. The van der Waals surface area contributed by atoms with Crippen molar-refractivity contribution in [2.45, 2.75) is 77.4 Å². The Labute approximate surface area is 110 Å². The topological polar surface area (TPSA) is 9.23 Å². The molecule has 0 aliphatic heterocycles. The summed E-state index contributed by atoms with van der Waals surface area (Å²) < 4.78 is 6.14. The van der Waals surface area contributed by atoms with Crippen LogP contribution in [0.15, 0.2) is 12.7 Å². The molecule has 0 aliphatic rings. The van der Waals surface area contributed by atoms with Crippen LogP contribution in [0, 0.1) is 0 Å². The Morgan fingerprint density at radius 2 is 1.53 bits per heavy atom. The molecule has 0 heterocycles. The molecule has 0 radical (unpaired) electrons. The van der Waals surface area contributed by atoms with Crippen LogP contribution in [-0.4, -0.2) is 14.9 Å². The van der Waals surface area contributed by atoms with Crippen molar-refractivity contribution in [3.8, 4) is 0 Å². The van der Waals surface area contributed by atoms with E-state index in [-0.39, 0.29) is 0 Å². The van der Waals surface area contributed by atoms with Crippen molar-refractivity contribution in [3.63, 3.8) is 0 Å². The fourth-order valence-electron chi connectivity index (χ4n) is 1.46. The van der Waals surface area contributed by atoms with Gasteiger partial charge in [-0.2, -0.15) is 0 Å². The van der Waals surface area contributed by atoms with E-state index in [1.54, 1.807) is 0 Å². The first-order chi connectivity index (χ1) is 7.81. The lowest BCUT2D eigenvalue weighted by Crippen LogP contribution is -2.40. The van der Waals surface area contributed by atoms with Gasteiger partial charge < -0.3 is 4.43 Å². The van der Waals surface area contributed by atoms with Gasteiger partial charge in [-0.25, -0.2) is 0 Å². The van der Waals surface area contributed by atoms with E-state index >= 15 is 0 Å². The van der Waals surface area contributed by atoms with E-state index in [0.717, 1.165) is 6.61 Å². The highest BCUT2D eigenvalue weighted by molar-refractivity contribution is 6.74. The zero-order valence-electron chi connectivity index (χ0n) is 12.6. The van der Waals surface area contributed by atoms with Crippen LogP contribution in [-0.2, 0) is 4.43 Å². The molecule has 2 heteroatoms. The number of rotatable bonds is 9. The molecule has 0 saturated heterocycles. The Bertz CT molecular complexity index is 203. The van der Waals surface area contributed by atoms with Gasteiger partial charge in [0.1, 0.15) is 0 Å². The van der Waals surface area contributed by atoms with Crippen LogP contribution in [0.1, 0.15) is 59.3 Å². The molecule has 102 valence electrons. The van der Waals surface area contributed by atoms with Gasteiger partial charge in [-0.3, -0.25) is 0 Å². The monoisotopic (exact) mass is 256 g/mol. The summed E-state index contributed by atoms with van der Waals surface area (Å²) in [6.45, 7) is 16.3. The van der Waals surface area contributed by atoms with E-state index in [9.17, 15) is 0 Å². The molecule has 0 bridgehead atoms. The average molecular weight is 257 g/mol. The first-order valence-corrected chi connectivity index (χ1v) is 9.97. The third-order valence-corrected chi connectivity index (χ3v) is 8.36. The van der Waals surface area contributed by atoms with E-state index in [2.05, 4.69) is 40.4 Å². The molecule has 1 nitrogen and oxygen atoms in total. The highest BCUT2D eigenvalue weighted by atomic mass is 28.4. The second kappa shape index (κ2) is 8.10. The largest absolute Gasteiger partial charge is 0.417 e. The molecule has 0 rings (SSSR count). The highest BCUT2D eigenvalue weighted by Gasteiger charge is 2.36. The Morgan fingerprint density at radius 1 is 1.00 bits per heavy atom. The molecule has 0 aliphatic carbocycles. The van der Waals surface area contributed by atoms with Crippen LogP contribution in [0.4, 0.5) is 0 Å². The van der Waals surface area contributed by atoms with Gasteiger partial charge in [-0.15, -0.1) is 6.58 Å². The number of hydrogen-bond donors (Lipinski definition) is 0. The third-order valence-electron chi connectivity index (χ3n) is 3.82. The van der Waals surface area contributed by atoms with Crippen LogP contribution in [0.5, 0.6) is 0 Å². The van der Waals surface area contributed by atoms with Gasteiger partial charge in [-0.1, -0.05) is 46.1 Å². The second-order valence-corrected chi connectivity index (χ2v) is 11.3. The minimum absolute atomic E-state index is 0.344. The van der Waals surface area contributed by atoms with E-state index in [0.29, 0.717) is 5.04 Å². The predicted octanol–water partition coefficient (Wildman–Crippen LogP) is 5.53. The summed E-state index contributed by atoms with van der Waals surface area (Å²) in [4.78, 5) is 0.